The molecule has 3 rings (SSSR count). The van der Waals surface area contributed by atoms with Gasteiger partial charge >= 0.3 is 0 Å². The van der Waals surface area contributed by atoms with Crippen molar-refractivity contribution in [1.82, 2.24) is 0 Å². The van der Waals surface area contributed by atoms with Gasteiger partial charge < -0.3 is 5.73 Å². The maximum atomic E-state index is 12.4. The van der Waals surface area contributed by atoms with E-state index in [1.54, 1.807) is 36.4 Å². The van der Waals surface area contributed by atoms with E-state index in [0.29, 0.717) is 11.4 Å². The maximum Gasteiger partial charge on any atom is 0.261 e. The lowest BCUT2D eigenvalue weighted by molar-refractivity contribution is 0.601. The minimum atomic E-state index is -3.59. The van der Waals surface area contributed by atoms with Gasteiger partial charge in [-0.1, -0.05) is 29.8 Å². The summed E-state index contributed by atoms with van der Waals surface area (Å²) in [6.07, 6.45) is 0. The number of aryl methyl sites for hydroxylation is 1. The summed E-state index contributed by atoms with van der Waals surface area (Å²) in [5.41, 5.74) is 7.94. The first-order chi connectivity index (χ1) is 10.4. The van der Waals surface area contributed by atoms with Crippen molar-refractivity contribution < 1.29 is 8.42 Å². The number of hydrogen-bond acceptors (Lipinski definition) is 3. The second-order valence-corrected chi connectivity index (χ2v) is 6.92. The number of nitrogens with one attached hydrogen (secondary N) is 1. The Morgan fingerprint density at radius 3 is 2.27 bits per heavy atom. The van der Waals surface area contributed by atoms with Crippen LogP contribution in [0.2, 0.25) is 0 Å². The quantitative estimate of drug-likeness (QED) is 0.727. The van der Waals surface area contributed by atoms with Gasteiger partial charge in [-0.2, -0.15) is 0 Å². The molecular weight excluding hydrogens is 296 g/mol. The molecule has 3 N–H and O–H groups in total. The smallest absolute Gasteiger partial charge is 0.261 e. The predicted octanol–water partition coefficient (Wildman–Crippen LogP) is 3.53. The van der Waals surface area contributed by atoms with Crippen LogP contribution in [0.3, 0.4) is 0 Å². The molecule has 0 spiro atoms. The summed E-state index contributed by atoms with van der Waals surface area (Å²) < 4.78 is 27.4. The highest BCUT2D eigenvalue weighted by atomic mass is 32.2. The third-order valence-electron chi connectivity index (χ3n) is 3.45. The van der Waals surface area contributed by atoms with Crippen LogP contribution >= 0.6 is 0 Å². The van der Waals surface area contributed by atoms with E-state index in [9.17, 15) is 8.42 Å². The minimum absolute atomic E-state index is 0.241. The standard InChI is InChI=1S/C17H16N2O2S/c1-12-2-8-17(9-3-12)22(20,21)19-16-7-5-13-4-6-15(18)10-14(13)11-16/h2-11,19H,18H2,1H3. The fourth-order valence-electron chi connectivity index (χ4n) is 2.26. The van der Waals surface area contributed by atoms with E-state index < -0.39 is 10.0 Å². The van der Waals surface area contributed by atoms with E-state index in [1.165, 1.54) is 0 Å². The molecule has 0 aromatic heterocycles. The summed E-state index contributed by atoms with van der Waals surface area (Å²) in [5, 5.41) is 1.90. The van der Waals surface area contributed by atoms with Crippen molar-refractivity contribution in [1.29, 1.82) is 0 Å². The van der Waals surface area contributed by atoms with Gasteiger partial charge in [0.1, 0.15) is 0 Å². The average molecular weight is 312 g/mol. The molecule has 0 atom stereocenters. The van der Waals surface area contributed by atoms with Crippen molar-refractivity contribution in [3.8, 4) is 0 Å². The molecule has 3 aromatic carbocycles. The van der Waals surface area contributed by atoms with Gasteiger partial charge in [-0.05, 0) is 54.1 Å². The second kappa shape index (κ2) is 5.35. The van der Waals surface area contributed by atoms with E-state index in [4.69, 9.17) is 5.73 Å². The molecule has 112 valence electrons. The van der Waals surface area contributed by atoms with Crippen molar-refractivity contribution >= 4 is 32.2 Å². The SMILES string of the molecule is Cc1ccc(S(=O)(=O)Nc2ccc3ccc(N)cc3c2)cc1. The van der Waals surface area contributed by atoms with E-state index in [-0.39, 0.29) is 4.90 Å². The lowest BCUT2D eigenvalue weighted by Gasteiger charge is -2.09. The van der Waals surface area contributed by atoms with Crippen LogP contribution in [0, 0.1) is 6.92 Å². The van der Waals surface area contributed by atoms with Gasteiger partial charge in [-0.25, -0.2) is 8.42 Å². The van der Waals surface area contributed by atoms with Crippen LogP contribution in [-0.2, 0) is 10.0 Å². The van der Waals surface area contributed by atoms with E-state index >= 15 is 0 Å². The highest BCUT2D eigenvalue weighted by Gasteiger charge is 2.13. The molecule has 3 aromatic rings. The number of hydrogen-bond donors (Lipinski definition) is 2. The van der Waals surface area contributed by atoms with Crippen LogP contribution in [0.5, 0.6) is 0 Å². The summed E-state index contributed by atoms with van der Waals surface area (Å²) in [7, 11) is -3.59. The highest BCUT2D eigenvalue weighted by molar-refractivity contribution is 7.92. The summed E-state index contributed by atoms with van der Waals surface area (Å²) in [6, 6.07) is 17.7. The van der Waals surface area contributed by atoms with E-state index in [2.05, 4.69) is 4.72 Å². The zero-order chi connectivity index (χ0) is 15.7. The molecular formula is C17H16N2O2S. The molecule has 0 aliphatic carbocycles. The number of nitrogen functional groups attached to an aromatic ring is 1. The molecule has 0 amide bonds. The molecule has 0 unspecified atom stereocenters. The molecule has 5 heteroatoms. The molecule has 4 nitrogen and oxygen atoms in total. The van der Waals surface area contributed by atoms with Crippen molar-refractivity contribution in [2.45, 2.75) is 11.8 Å². The summed E-state index contributed by atoms with van der Waals surface area (Å²) in [6.45, 7) is 1.91. The van der Waals surface area contributed by atoms with Gasteiger partial charge in [-0.3, -0.25) is 4.72 Å². The Kier molecular flexibility index (Phi) is 3.50. The Bertz CT molecular complexity index is 933. The van der Waals surface area contributed by atoms with Crippen LogP contribution in [0.1, 0.15) is 5.56 Å². The van der Waals surface area contributed by atoms with Crippen LogP contribution in [0.25, 0.3) is 10.8 Å². The largest absolute Gasteiger partial charge is 0.399 e. The molecule has 22 heavy (non-hydrogen) atoms. The van der Waals surface area contributed by atoms with Crippen molar-refractivity contribution in [2.75, 3.05) is 10.5 Å². The third kappa shape index (κ3) is 2.89. The topological polar surface area (TPSA) is 72.2 Å². The van der Waals surface area contributed by atoms with Gasteiger partial charge in [0.05, 0.1) is 4.90 Å². The molecule has 0 aliphatic heterocycles. The first-order valence-electron chi connectivity index (χ1n) is 6.83. The Morgan fingerprint density at radius 2 is 1.55 bits per heavy atom. The lowest BCUT2D eigenvalue weighted by Crippen LogP contribution is -2.12. The Labute approximate surface area is 129 Å². The van der Waals surface area contributed by atoms with Crippen LogP contribution < -0.4 is 10.5 Å². The Balaban J connectivity index is 1.96. The normalized spacial score (nSPS) is 11.5. The first kappa shape index (κ1) is 14.4. The second-order valence-electron chi connectivity index (χ2n) is 5.24. The molecule has 0 heterocycles. The van der Waals surface area contributed by atoms with Crippen LogP contribution in [0.4, 0.5) is 11.4 Å². The zero-order valence-corrected chi connectivity index (χ0v) is 12.9. The van der Waals surface area contributed by atoms with E-state index in [0.717, 1.165) is 16.3 Å². The lowest BCUT2D eigenvalue weighted by atomic mass is 10.1. The zero-order valence-electron chi connectivity index (χ0n) is 12.1. The van der Waals surface area contributed by atoms with Gasteiger partial charge in [0.2, 0.25) is 0 Å². The van der Waals surface area contributed by atoms with E-state index in [1.807, 2.05) is 31.2 Å². The molecule has 0 fully saturated rings. The predicted molar refractivity (Wildman–Crippen MR) is 90.3 cm³/mol. The summed E-state index contributed by atoms with van der Waals surface area (Å²) in [5.74, 6) is 0. The van der Waals surface area contributed by atoms with Gasteiger partial charge in [0.15, 0.2) is 0 Å². The van der Waals surface area contributed by atoms with Crippen molar-refractivity contribution in [3.63, 3.8) is 0 Å². The number of rotatable bonds is 3. The number of benzene rings is 3. The number of fused-ring (bicyclic) bond motifs is 1. The molecule has 0 aliphatic rings. The number of sulfonamides is 1. The highest BCUT2D eigenvalue weighted by Crippen LogP contribution is 2.23. The fraction of sp³-hybridized carbons (Fsp3) is 0.0588. The maximum absolute atomic E-state index is 12.4. The average Bonchev–Trinajstić information content (AvgIpc) is 2.47. The number of anilines is 2. The summed E-state index contributed by atoms with van der Waals surface area (Å²) >= 11 is 0. The Hall–Kier alpha value is -2.53. The van der Waals surface area contributed by atoms with Gasteiger partial charge in [0, 0.05) is 11.4 Å². The summed E-state index contributed by atoms with van der Waals surface area (Å²) in [4.78, 5) is 0.241. The molecule has 0 saturated carbocycles. The number of nitrogens with two attached hydrogens (primary N) is 1. The molecule has 0 saturated heterocycles. The van der Waals surface area contributed by atoms with Crippen LogP contribution in [-0.4, -0.2) is 8.42 Å². The molecule has 0 radical (unpaired) electrons. The monoisotopic (exact) mass is 312 g/mol. The van der Waals surface area contributed by atoms with Gasteiger partial charge in [0.25, 0.3) is 10.0 Å². The first-order valence-corrected chi connectivity index (χ1v) is 8.31. The Morgan fingerprint density at radius 1 is 0.864 bits per heavy atom. The fourth-order valence-corrected chi connectivity index (χ4v) is 3.31. The van der Waals surface area contributed by atoms with Crippen molar-refractivity contribution in [2.24, 2.45) is 0 Å². The van der Waals surface area contributed by atoms with Crippen LogP contribution in [0.15, 0.2) is 65.6 Å². The van der Waals surface area contributed by atoms with Crippen molar-refractivity contribution in [3.05, 3.63) is 66.2 Å². The molecule has 0 bridgehead atoms. The van der Waals surface area contributed by atoms with Gasteiger partial charge in [-0.15, -0.1) is 0 Å². The minimum Gasteiger partial charge on any atom is -0.399 e. The third-order valence-corrected chi connectivity index (χ3v) is 4.84.